The normalized spacial score (nSPS) is 20.4. The number of cyclic esters (lactones) is 1. The summed E-state index contributed by atoms with van der Waals surface area (Å²) in [5.41, 5.74) is 1.92. The topological polar surface area (TPSA) is 76.2 Å². The summed E-state index contributed by atoms with van der Waals surface area (Å²) in [5, 5.41) is 10.5. The second kappa shape index (κ2) is 6.67. The summed E-state index contributed by atoms with van der Waals surface area (Å²) < 4.78 is 26.7. The van der Waals surface area contributed by atoms with E-state index in [0.717, 1.165) is 0 Å². The van der Waals surface area contributed by atoms with Crippen molar-refractivity contribution in [3.63, 3.8) is 0 Å². The number of aromatic amines is 1. The van der Waals surface area contributed by atoms with Crippen LogP contribution in [0.25, 0.3) is 22.8 Å². The van der Waals surface area contributed by atoms with Crippen LogP contribution in [0.15, 0.2) is 35.9 Å². The van der Waals surface area contributed by atoms with Crippen molar-refractivity contribution in [1.82, 2.24) is 15.5 Å². The lowest BCUT2D eigenvalue weighted by molar-refractivity contribution is 0.152. The predicted molar refractivity (Wildman–Crippen MR) is 96.4 cm³/mol. The molecule has 134 valence electrons. The van der Waals surface area contributed by atoms with Crippen LogP contribution in [0.4, 0.5) is 9.18 Å². The van der Waals surface area contributed by atoms with E-state index in [1.807, 2.05) is 13.0 Å². The fraction of sp³-hybridized carbons (Fsp3) is 0.263. The van der Waals surface area contributed by atoms with Crippen molar-refractivity contribution in [3.05, 3.63) is 47.2 Å². The Hall–Kier alpha value is -3.09. The van der Waals surface area contributed by atoms with E-state index in [1.54, 1.807) is 30.4 Å². The molecule has 0 radical (unpaired) electrons. The Labute approximate surface area is 149 Å². The number of hydrogen-bond donors (Lipinski definition) is 2. The molecule has 26 heavy (non-hydrogen) atoms. The first-order chi connectivity index (χ1) is 12.6. The Balaban J connectivity index is 1.98. The van der Waals surface area contributed by atoms with Crippen molar-refractivity contribution in [3.8, 4) is 5.75 Å². The first-order valence-corrected chi connectivity index (χ1v) is 8.45. The van der Waals surface area contributed by atoms with Crippen LogP contribution in [-0.4, -0.2) is 35.5 Å². The molecule has 2 heterocycles. The van der Waals surface area contributed by atoms with Crippen LogP contribution in [0.2, 0.25) is 0 Å². The summed E-state index contributed by atoms with van der Waals surface area (Å²) in [6.45, 7) is 2.11. The van der Waals surface area contributed by atoms with Crippen LogP contribution < -0.4 is 10.1 Å². The molecule has 2 bridgehead atoms. The number of ether oxygens (including phenoxy) is 2. The van der Waals surface area contributed by atoms with Crippen molar-refractivity contribution in [2.45, 2.75) is 19.4 Å². The highest BCUT2D eigenvalue weighted by Crippen LogP contribution is 2.39. The average molecular weight is 355 g/mol. The van der Waals surface area contributed by atoms with Gasteiger partial charge in [0.25, 0.3) is 0 Å². The summed E-state index contributed by atoms with van der Waals surface area (Å²) in [7, 11) is 0. The van der Waals surface area contributed by atoms with Gasteiger partial charge in [0.05, 0.1) is 22.9 Å². The number of allylic oxidation sites excluding steroid dienone is 2. The van der Waals surface area contributed by atoms with Crippen molar-refractivity contribution in [2.75, 3.05) is 13.2 Å². The molecule has 7 heteroatoms. The molecular weight excluding hydrogens is 337 g/mol. The standard InChI is InChI=1S/C19H18FN3O3/c1-11-8-9-21-19(24)25-10-12-4-2-3-5-13-16-14(23-22-13)6-7-15(26-11)17(16)18(12)20/h2-7,11H,8-10H2,1H3,(H,21,24)(H,22,23)/t11-/m1/s1. The van der Waals surface area contributed by atoms with Crippen LogP contribution in [0.1, 0.15) is 24.6 Å². The minimum Gasteiger partial charge on any atom is -0.490 e. The number of aromatic nitrogens is 2. The number of nitrogens with zero attached hydrogens (tertiary/aromatic N) is 1. The maximum Gasteiger partial charge on any atom is 0.407 e. The molecule has 1 aromatic carbocycles. The summed E-state index contributed by atoms with van der Waals surface area (Å²) in [6, 6.07) is 3.57. The molecule has 0 saturated carbocycles. The summed E-state index contributed by atoms with van der Waals surface area (Å²) in [4.78, 5) is 11.8. The van der Waals surface area contributed by atoms with Crippen molar-refractivity contribution in [1.29, 1.82) is 0 Å². The van der Waals surface area contributed by atoms with Crippen LogP contribution in [-0.2, 0) is 4.74 Å². The molecule has 1 atom stereocenters. The SMILES string of the molecule is C[C@@H]1CCNC(=O)OCC2=C(F)c3c(ccc4[nH]nc(c34)C=CC=C2)O1. The molecular formula is C19H18FN3O3. The summed E-state index contributed by atoms with van der Waals surface area (Å²) in [6.07, 6.45) is 6.63. The molecule has 1 aliphatic heterocycles. The largest absolute Gasteiger partial charge is 0.490 e. The van der Waals surface area contributed by atoms with E-state index >= 15 is 4.39 Å². The maximum atomic E-state index is 15.6. The fourth-order valence-corrected chi connectivity index (χ4v) is 3.07. The smallest absolute Gasteiger partial charge is 0.407 e. The van der Waals surface area contributed by atoms with E-state index in [-0.39, 0.29) is 18.3 Å². The molecule has 0 saturated heterocycles. The first-order valence-electron chi connectivity index (χ1n) is 8.45. The number of carbonyl (C=O) groups is 1. The van der Waals surface area contributed by atoms with Gasteiger partial charge in [-0.3, -0.25) is 5.10 Å². The average Bonchev–Trinajstić information content (AvgIpc) is 3.04. The van der Waals surface area contributed by atoms with Gasteiger partial charge >= 0.3 is 6.09 Å². The van der Waals surface area contributed by atoms with E-state index in [4.69, 9.17) is 9.47 Å². The molecule has 1 aromatic heterocycles. The monoisotopic (exact) mass is 355 g/mol. The molecule has 0 unspecified atom stereocenters. The second-order valence-electron chi connectivity index (χ2n) is 6.25. The van der Waals surface area contributed by atoms with Crippen molar-refractivity contribution in [2.24, 2.45) is 0 Å². The number of hydrogen-bond acceptors (Lipinski definition) is 4. The number of carbonyl (C=O) groups excluding carboxylic acids is 1. The lowest BCUT2D eigenvalue weighted by Gasteiger charge is -2.20. The molecule has 4 rings (SSSR count). The highest BCUT2D eigenvalue weighted by molar-refractivity contribution is 5.99. The Kier molecular flexibility index (Phi) is 4.20. The van der Waals surface area contributed by atoms with Gasteiger partial charge in [0, 0.05) is 23.9 Å². The Morgan fingerprint density at radius 1 is 1.27 bits per heavy atom. The van der Waals surface area contributed by atoms with Gasteiger partial charge in [0.2, 0.25) is 0 Å². The zero-order valence-electron chi connectivity index (χ0n) is 14.2. The van der Waals surface area contributed by atoms with Gasteiger partial charge in [-0.2, -0.15) is 5.10 Å². The lowest BCUT2D eigenvalue weighted by atomic mass is 10.0. The number of H-pyrrole nitrogens is 1. The van der Waals surface area contributed by atoms with Gasteiger partial charge < -0.3 is 14.8 Å². The third-order valence-corrected chi connectivity index (χ3v) is 4.39. The van der Waals surface area contributed by atoms with Gasteiger partial charge in [-0.25, -0.2) is 9.18 Å². The van der Waals surface area contributed by atoms with Crippen molar-refractivity contribution >= 4 is 28.9 Å². The number of halogens is 1. The molecule has 0 fully saturated rings. The van der Waals surface area contributed by atoms with Gasteiger partial charge in [-0.15, -0.1) is 0 Å². The van der Waals surface area contributed by atoms with E-state index in [1.165, 1.54) is 0 Å². The Morgan fingerprint density at radius 2 is 2.12 bits per heavy atom. The fourth-order valence-electron chi connectivity index (χ4n) is 3.07. The lowest BCUT2D eigenvalue weighted by Crippen LogP contribution is -2.29. The molecule has 0 spiro atoms. The van der Waals surface area contributed by atoms with Gasteiger partial charge in [0.1, 0.15) is 18.2 Å². The number of benzene rings is 1. The van der Waals surface area contributed by atoms with Crippen molar-refractivity contribution < 1.29 is 18.7 Å². The summed E-state index contributed by atoms with van der Waals surface area (Å²) >= 11 is 0. The van der Waals surface area contributed by atoms with Crippen LogP contribution in [0.3, 0.4) is 0 Å². The molecule has 2 aliphatic rings. The first kappa shape index (κ1) is 16.4. The van der Waals surface area contributed by atoms with E-state index in [0.29, 0.717) is 40.9 Å². The van der Waals surface area contributed by atoms with Gasteiger partial charge in [-0.05, 0) is 25.1 Å². The number of nitrogens with one attached hydrogen (secondary N) is 2. The highest BCUT2D eigenvalue weighted by Gasteiger charge is 2.23. The minimum absolute atomic E-state index is 0.180. The van der Waals surface area contributed by atoms with E-state index in [9.17, 15) is 4.79 Å². The maximum absolute atomic E-state index is 15.6. The summed E-state index contributed by atoms with van der Waals surface area (Å²) in [5.74, 6) is -0.0491. The minimum atomic E-state index is -0.579. The molecule has 2 aromatic rings. The van der Waals surface area contributed by atoms with Gasteiger partial charge in [-0.1, -0.05) is 18.2 Å². The highest BCUT2D eigenvalue weighted by atomic mass is 19.1. The van der Waals surface area contributed by atoms with Gasteiger partial charge in [0.15, 0.2) is 0 Å². The Morgan fingerprint density at radius 3 is 3.00 bits per heavy atom. The van der Waals surface area contributed by atoms with E-state index in [2.05, 4.69) is 15.5 Å². The predicted octanol–water partition coefficient (Wildman–Crippen LogP) is 3.72. The van der Waals surface area contributed by atoms with Crippen LogP contribution in [0.5, 0.6) is 5.75 Å². The number of alkyl carbamates (subject to hydrolysis) is 1. The zero-order chi connectivity index (χ0) is 18.1. The number of amides is 1. The Bertz CT molecular complexity index is 958. The molecule has 2 N–H and O–H groups in total. The molecule has 1 aliphatic carbocycles. The van der Waals surface area contributed by atoms with E-state index < -0.39 is 11.9 Å². The van der Waals surface area contributed by atoms with Crippen LogP contribution >= 0.6 is 0 Å². The third kappa shape index (κ3) is 2.96. The molecule has 6 nitrogen and oxygen atoms in total. The van der Waals surface area contributed by atoms with Crippen LogP contribution in [0, 0.1) is 0 Å². The molecule has 1 amide bonds. The zero-order valence-corrected chi connectivity index (χ0v) is 14.2. The third-order valence-electron chi connectivity index (χ3n) is 4.39. The quantitative estimate of drug-likeness (QED) is 0.755. The second-order valence-corrected chi connectivity index (χ2v) is 6.25. The number of rotatable bonds is 0.